The van der Waals surface area contributed by atoms with E-state index in [1.807, 2.05) is 24.4 Å². The fourth-order valence-corrected chi connectivity index (χ4v) is 3.06. The lowest BCUT2D eigenvalue weighted by Crippen LogP contribution is -2.39. The molecular weight excluding hydrogens is 308 g/mol. The van der Waals surface area contributed by atoms with Crippen LogP contribution in [0.5, 0.6) is 0 Å². The van der Waals surface area contributed by atoms with E-state index in [0.717, 1.165) is 24.1 Å². The Hall–Kier alpha value is -1.36. The van der Waals surface area contributed by atoms with Gasteiger partial charge in [-0.2, -0.15) is 0 Å². The molecule has 0 aliphatic rings. The maximum Gasteiger partial charge on any atom is 0.225 e. The van der Waals surface area contributed by atoms with Crippen LogP contribution in [-0.2, 0) is 16.1 Å². The van der Waals surface area contributed by atoms with Crippen molar-refractivity contribution in [3.63, 3.8) is 0 Å². The monoisotopic (exact) mass is 338 g/mol. The fraction of sp³-hybridized carbons (Fsp3) is 0.667. The van der Waals surface area contributed by atoms with E-state index in [2.05, 4.69) is 19.2 Å². The SMILES string of the molecule is CC[C@H](CN(C)C(=O)CCCC(C)C)C(=O)NCc1cccs1. The number of hydrogen-bond donors (Lipinski definition) is 1. The average molecular weight is 339 g/mol. The highest BCUT2D eigenvalue weighted by atomic mass is 32.1. The van der Waals surface area contributed by atoms with E-state index in [4.69, 9.17) is 0 Å². The number of rotatable bonds is 10. The molecule has 4 nitrogen and oxygen atoms in total. The van der Waals surface area contributed by atoms with Crippen LogP contribution in [0.3, 0.4) is 0 Å². The van der Waals surface area contributed by atoms with Gasteiger partial charge in [0.25, 0.3) is 0 Å². The molecule has 0 aromatic carbocycles. The van der Waals surface area contributed by atoms with Crippen molar-refractivity contribution in [3.8, 4) is 0 Å². The summed E-state index contributed by atoms with van der Waals surface area (Å²) in [6.07, 6.45) is 3.29. The minimum absolute atomic E-state index is 0.0303. The van der Waals surface area contributed by atoms with Crippen LogP contribution in [0.25, 0.3) is 0 Å². The Morgan fingerprint density at radius 3 is 2.65 bits per heavy atom. The van der Waals surface area contributed by atoms with Gasteiger partial charge < -0.3 is 10.2 Å². The predicted octanol–water partition coefficient (Wildman–Crippen LogP) is 3.68. The quantitative estimate of drug-likeness (QED) is 0.707. The van der Waals surface area contributed by atoms with Crippen LogP contribution < -0.4 is 5.32 Å². The lowest BCUT2D eigenvalue weighted by Gasteiger charge is -2.23. The fourth-order valence-electron chi connectivity index (χ4n) is 2.41. The zero-order valence-corrected chi connectivity index (χ0v) is 15.6. The van der Waals surface area contributed by atoms with Gasteiger partial charge in [-0.15, -0.1) is 11.3 Å². The molecule has 0 radical (unpaired) electrons. The first-order valence-electron chi connectivity index (χ1n) is 8.48. The molecule has 0 saturated heterocycles. The minimum Gasteiger partial charge on any atom is -0.351 e. The van der Waals surface area contributed by atoms with Gasteiger partial charge in [-0.05, 0) is 30.2 Å². The molecule has 0 aliphatic carbocycles. The standard InChI is InChI=1S/C18H30N2O2S/c1-5-15(18(22)19-12-16-9-7-11-23-16)13-20(4)17(21)10-6-8-14(2)3/h7,9,11,14-15H,5-6,8,10,12-13H2,1-4H3,(H,19,22)/t15-/m1/s1. The zero-order chi connectivity index (χ0) is 17.2. The Labute approximate surface area is 144 Å². The summed E-state index contributed by atoms with van der Waals surface area (Å²) in [7, 11) is 1.80. The minimum atomic E-state index is -0.144. The molecule has 0 unspecified atom stereocenters. The van der Waals surface area contributed by atoms with Crippen LogP contribution in [0.1, 0.15) is 51.3 Å². The molecule has 0 bridgehead atoms. The molecule has 0 fully saturated rings. The number of nitrogens with zero attached hydrogens (tertiary/aromatic N) is 1. The molecule has 1 aromatic rings. The molecule has 23 heavy (non-hydrogen) atoms. The number of carbonyl (C=O) groups excluding carboxylic acids is 2. The Morgan fingerprint density at radius 2 is 2.09 bits per heavy atom. The first-order valence-corrected chi connectivity index (χ1v) is 9.36. The van der Waals surface area contributed by atoms with Crippen molar-refractivity contribution in [3.05, 3.63) is 22.4 Å². The lowest BCUT2D eigenvalue weighted by atomic mass is 10.0. The second-order valence-corrected chi connectivity index (χ2v) is 7.49. The van der Waals surface area contributed by atoms with Crippen molar-refractivity contribution >= 4 is 23.2 Å². The third-order valence-electron chi connectivity index (χ3n) is 3.97. The molecule has 1 aromatic heterocycles. The Bertz CT molecular complexity index is 471. The predicted molar refractivity (Wildman–Crippen MR) is 96.3 cm³/mol. The van der Waals surface area contributed by atoms with Crippen molar-refractivity contribution in [2.24, 2.45) is 11.8 Å². The number of nitrogens with one attached hydrogen (secondary N) is 1. The molecule has 0 spiro atoms. The van der Waals surface area contributed by atoms with E-state index in [1.165, 1.54) is 0 Å². The molecule has 1 atom stereocenters. The summed E-state index contributed by atoms with van der Waals surface area (Å²) in [6.45, 7) is 7.39. The van der Waals surface area contributed by atoms with E-state index < -0.39 is 0 Å². The van der Waals surface area contributed by atoms with E-state index in [0.29, 0.717) is 25.4 Å². The van der Waals surface area contributed by atoms with Crippen LogP contribution in [-0.4, -0.2) is 30.3 Å². The summed E-state index contributed by atoms with van der Waals surface area (Å²) in [4.78, 5) is 27.3. The Morgan fingerprint density at radius 1 is 1.35 bits per heavy atom. The van der Waals surface area contributed by atoms with Gasteiger partial charge in [-0.1, -0.05) is 33.3 Å². The lowest BCUT2D eigenvalue weighted by molar-refractivity contribution is -0.132. The maximum absolute atomic E-state index is 12.3. The van der Waals surface area contributed by atoms with Gasteiger partial charge in [0.2, 0.25) is 11.8 Å². The molecule has 1 N–H and O–H groups in total. The van der Waals surface area contributed by atoms with Gasteiger partial charge in [0.15, 0.2) is 0 Å². The van der Waals surface area contributed by atoms with Gasteiger partial charge in [0, 0.05) is 24.9 Å². The summed E-state index contributed by atoms with van der Waals surface area (Å²) in [5, 5.41) is 4.97. The third-order valence-corrected chi connectivity index (χ3v) is 4.85. The van der Waals surface area contributed by atoms with Gasteiger partial charge in [-0.3, -0.25) is 9.59 Å². The van der Waals surface area contributed by atoms with Gasteiger partial charge in [0.1, 0.15) is 0 Å². The first-order chi connectivity index (χ1) is 10.9. The first kappa shape index (κ1) is 19.7. The zero-order valence-electron chi connectivity index (χ0n) is 14.8. The molecule has 0 aliphatic heterocycles. The highest BCUT2D eigenvalue weighted by molar-refractivity contribution is 7.09. The van der Waals surface area contributed by atoms with Gasteiger partial charge in [-0.25, -0.2) is 0 Å². The van der Waals surface area contributed by atoms with Crippen LogP contribution in [0.2, 0.25) is 0 Å². The van der Waals surface area contributed by atoms with Crippen LogP contribution in [0.4, 0.5) is 0 Å². The molecule has 0 saturated carbocycles. The normalized spacial score (nSPS) is 12.2. The molecule has 2 amide bonds. The molecule has 130 valence electrons. The molecule has 1 heterocycles. The Balaban J connectivity index is 2.37. The van der Waals surface area contributed by atoms with Crippen molar-refractivity contribution in [2.45, 2.75) is 53.0 Å². The summed E-state index contributed by atoms with van der Waals surface area (Å²) in [6, 6.07) is 3.99. The average Bonchev–Trinajstić information content (AvgIpc) is 3.02. The smallest absolute Gasteiger partial charge is 0.225 e. The van der Waals surface area contributed by atoms with Crippen LogP contribution in [0.15, 0.2) is 17.5 Å². The summed E-state index contributed by atoms with van der Waals surface area (Å²) < 4.78 is 0. The topological polar surface area (TPSA) is 49.4 Å². The van der Waals surface area contributed by atoms with Crippen molar-refractivity contribution in [1.29, 1.82) is 0 Å². The van der Waals surface area contributed by atoms with E-state index in [9.17, 15) is 9.59 Å². The van der Waals surface area contributed by atoms with E-state index in [1.54, 1.807) is 23.3 Å². The maximum atomic E-state index is 12.3. The number of carbonyl (C=O) groups is 2. The third kappa shape index (κ3) is 7.64. The second kappa shape index (κ2) is 10.4. The number of hydrogen-bond acceptors (Lipinski definition) is 3. The van der Waals surface area contributed by atoms with Crippen molar-refractivity contribution < 1.29 is 9.59 Å². The van der Waals surface area contributed by atoms with Crippen LogP contribution >= 0.6 is 11.3 Å². The highest BCUT2D eigenvalue weighted by Gasteiger charge is 2.20. The highest BCUT2D eigenvalue weighted by Crippen LogP contribution is 2.12. The van der Waals surface area contributed by atoms with Crippen LogP contribution in [0, 0.1) is 11.8 Å². The summed E-state index contributed by atoms with van der Waals surface area (Å²) >= 11 is 1.64. The van der Waals surface area contributed by atoms with Gasteiger partial charge >= 0.3 is 0 Å². The number of amides is 2. The number of thiophene rings is 1. The Kier molecular flexibility index (Phi) is 8.92. The largest absolute Gasteiger partial charge is 0.351 e. The van der Waals surface area contributed by atoms with Crippen molar-refractivity contribution in [2.75, 3.05) is 13.6 Å². The molecule has 1 rings (SSSR count). The summed E-state index contributed by atoms with van der Waals surface area (Å²) in [5.74, 6) is 0.645. The van der Waals surface area contributed by atoms with Gasteiger partial charge in [0.05, 0.1) is 12.5 Å². The van der Waals surface area contributed by atoms with E-state index >= 15 is 0 Å². The molecular formula is C18H30N2O2S. The second-order valence-electron chi connectivity index (χ2n) is 6.46. The summed E-state index contributed by atoms with van der Waals surface area (Å²) in [5.41, 5.74) is 0. The molecule has 5 heteroatoms. The van der Waals surface area contributed by atoms with E-state index in [-0.39, 0.29) is 17.7 Å². The van der Waals surface area contributed by atoms with Crippen molar-refractivity contribution in [1.82, 2.24) is 10.2 Å².